The maximum Gasteiger partial charge on any atom is 0.322 e. The smallest absolute Gasteiger partial charge is 0.322 e. The van der Waals surface area contributed by atoms with Crippen LogP contribution in [-0.2, 0) is 14.3 Å². The van der Waals surface area contributed by atoms with Gasteiger partial charge in [-0.15, -0.1) is 0 Å². The third-order valence-corrected chi connectivity index (χ3v) is 2.57. The van der Waals surface area contributed by atoms with Crippen molar-refractivity contribution in [1.82, 2.24) is 15.5 Å². The molecule has 0 spiro atoms. The SMILES string of the molecule is O=C1CC(C(=O)N2CCOCC2)NC(=O)N1. The number of rotatable bonds is 1. The van der Waals surface area contributed by atoms with Crippen LogP contribution in [0.1, 0.15) is 6.42 Å². The fourth-order valence-electron chi connectivity index (χ4n) is 1.76. The van der Waals surface area contributed by atoms with E-state index in [4.69, 9.17) is 4.74 Å². The highest BCUT2D eigenvalue weighted by atomic mass is 16.5. The van der Waals surface area contributed by atoms with Gasteiger partial charge in [-0.2, -0.15) is 0 Å². The molecular weight excluding hydrogens is 214 g/mol. The molecule has 2 saturated heterocycles. The van der Waals surface area contributed by atoms with E-state index in [1.807, 2.05) is 0 Å². The molecule has 2 heterocycles. The van der Waals surface area contributed by atoms with Crippen LogP contribution >= 0.6 is 0 Å². The minimum atomic E-state index is -0.737. The van der Waals surface area contributed by atoms with Gasteiger partial charge in [-0.05, 0) is 0 Å². The molecule has 0 aromatic rings. The Balaban J connectivity index is 1.97. The molecule has 16 heavy (non-hydrogen) atoms. The first-order chi connectivity index (χ1) is 7.66. The molecule has 1 unspecified atom stereocenters. The number of hydrogen-bond donors (Lipinski definition) is 2. The van der Waals surface area contributed by atoms with Gasteiger partial charge in [0.15, 0.2) is 0 Å². The van der Waals surface area contributed by atoms with E-state index in [2.05, 4.69) is 10.6 Å². The van der Waals surface area contributed by atoms with Crippen LogP contribution in [0.2, 0.25) is 0 Å². The van der Waals surface area contributed by atoms with Crippen LogP contribution < -0.4 is 10.6 Å². The van der Waals surface area contributed by atoms with Gasteiger partial charge in [0.1, 0.15) is 6.04 Å². The second-order valence-corrected chi connectivity index (χ2v) is 3.72. The van der Waals surface area contributed by atoms with Gasteiger partial charge in [-0.1, -0.05) is 0 Å². The summed E-state index contributed by atoms with van der Waals surface area (Å²) in [5.74, 6) is -0.637. The first kappa shape index (κ1) is 10.9. The minimum Gasteiger partial charge on any atom is -0.378 e. The zero-order valence-corrected chi connectivity index (χ0v) is 8.69. The largest absolute Gasteiger partial charge is 0.378 e. The number of nitrogens with one attached hydrogen (secondary N) is 2. The Kier molecular flexibility index (Phi) is 3.04. The lowest BCUT2D eigenvalue weighted by Crippen LogP contribution is -2.59. The molecule has 7 nitrogen and oxygen atoms in total. The molecule has 0 bridgehead atoms. The highest BCUT2D eigenvalue weighted by Crippen LogP contribution is 2.06. The fourth-order valence-corrected chi connectivity index (χ4v) is 1.76. The number of nitrogens with zero attached hydrogens (tertiary/aromatic N) is 1. The van der Waals surface area contributed by atoms with Gasteiger partial charge in [0.05, 0.1) is 19.6 Å². The second kappa shape index (κ2) is 4.48. The summed E-state index contributed by atoms with van der Waals surface area (Å²) in [6.07, 6.45) is 0.00192. The van der Waals surface area contributed by atoms with E-state index in [0.29, 0.717) is 26.3 Å². The Morgan fingerprint density at radius 1 is 1.31 bits per heavy atom. The van der Waals surface area contributed by atoms with Crippen LogP contribution in [0.5, 0.6) is 0 Å². The molecule has 88 valence electrons. The van der Waals surface area contributed by atoms with E-state index in [0.717, 1.165) is 0 Å². The van der Waals surface area contributed by atoms with Crippen molar-refractivity contribution in [3.63, 3.8) is 0 Å². The van der Waals surface area contributed by atoms with Crippen molar-refractivity contribution < 1.29 is 19.1 Å². The average molecular weight is 227 g/mol. The van der Waals surface area contributed by atoms with Crippen molar-refractivity contribution in [1.29, 1.82) is 0 Å². The van der Waals surface area contributed by atoms with Crippen molar-refractivity contribution >= 4 is 17.8 Å². The second-order valence-electron chi connectivity index (χ2n) is 3.72. The van der Waals surface area contributed by atoms with Crippen molar-refractivity contribution in [2.24, 2.45) is 0 Å². The first-order valence-corrected chi connectivity index (χ1v) is 5.13. The summed E-state index contributed by atoms with van der Waals surface area (Å²) in [4.78, 5) is 35.7. The number of morpholine rings is 1. The molecule has 2 aliphatic heterocycles. The fraction of sp³-hybridized carbons (Fsp3) is 0.667. The molecule has 2 N–H and O–H groups in total. The minimum absolute atomic E-state index is 0.00192. The molecule has 2 rings (SSSR count). The third kappa shape index (κ3) is 2.30. The van der Waals surface area contributed by atoms with Gasteiger partial charge < -0.3 is 15.0 Å². The van der Waals surface area contributed by atoms with Gasteiger partial charge in [-0.25, -0.2) is 4.79 Å². The molecule has 1 atom stereocenters. The van der Waals surface area contributed by atoms with Gasteiger partial charge in [0.2, 0.25) is 11.8 Å². The molecule has 2 fully saturated rings. The molecule has 0 aromatic carbocycles. The monoisotopic (exact) mass is 227 g/mol. The van der Waals surface area contributed by atoms with Gasteiger partial charge in [0, 0.05) is 13.1 Å². The lowest BCUT2D eigenvalue weighted by Gasteiger charge is -2.31. The van der Waals surface area contributed by atoms with E-state index in [1.54, 1.807) is 4.90 Å². The Labute approximate surface area is 92.1 Å². The summed E-state index contributed by atoms with van der Waals surface area (Å²) >= 11 is 0. The molecule has 0 saturated carbocycles. The number of carbonyl (C=O) groups is 3. The lowest BCUT2D eigenvalue weighted by molar-refractivity contribution is -0.139. The number of hydrogen-bond acceptors (Lipinski definition) is 4. The molecule has 2 aliphatic rings. The number of urea groups is 1. The highest BCUT2D eigenvalue weighted by Gasteiger charge is 2.32. The molecular formula is C9H13N3O4. The van der Waals surface area contributed by atoms with E-state index in [1.165, 1.54) is 0 Å². The third-order valence-electron chi connectivity index (χ3n) is 2.57. The summed E-state index contributed by atoms with van der Waals surface area (Å²) < 4.78 is 5.12. The maximum atomic E-state index is 11.9. The average Bonchev–Trinajstić information content (AvgIpc) is 2.28. The topological polar surface area (TPSA) is 87.7 Å². The Bertz CT molecular complexity index is 309. The maximum absolute atomic E-state index is 11.9. The Morgan fingerprint density at radius 2 is 2.00 bits per heavy atom. The Hall–Kier alpha value is -1.63. The molecule has 7 heteroatoms. The van der Waals surface area contributed by atoms with Crippen molar-refractivity contribution in [2.75, 3.05) is 26.3 Å². The Morgan fingerprint density at radius 3 is 2.62 bits per heavy atom. The molecule has 0 radical (unpaired) electrons. The number of imide groups is 1. The molecule has 4 amide bonds. The number of carbonyl (C=O) groups excluding carboxylic acids is 3. The standard InChI is InChI=1S/C9H13N3O4/c13-7-5-6(10-9(15)11-7)8(14)12-1-3-16-4-2-12/h6H,1-5H2,(H2,10,11,13,15). The van der Waals surface area contributed by atoms with Crippen LogP contribution in [0.25, 0.3) is 0 Å². The van der Waals surface area contributed by atoms with Crippen molar-refractivity contribution in [3.05, 3.63) is 0 Å². The van der Waals surface area contributed by atoms with E-state index in [-0.39, 0.29) is 12.3 Å². The predicted octanol–water partition coefficient (Wildman–Crippen LogP) is -1.56. The normalized spacial score (nSPS) is 26.0. The zero-order chi connectivity index (χ0) is 11.5. The van der Waals surface area contributed by atoms with E-state index in [9.17, 15) is 14.4 Å². The summed E-state index contributed by atoms with van der Waals surface area (Å²) in [6, 6.07) is -1.35. The summed E-state index contributed by atoms with van der Waals surface area (Å²) in [5, 5.41) is 4.52. The summed E-state index contributed by atoms with van der Waals surface area (Å²) in [5.41, 5.74) is 0. The van der Waals surface area contributed by atoms with Crippen LogP contribution in [0.15, 0.2) is 0 Å². The molecule has 0 aromatic heterocycles. The van der Waals surface area contributed by atoms with E-state index < -0.39 is 18.0 Å². The van der Waals surface area contributed by atoms with Crippen LogP contribution in [0, 0.1) is 0 Å². The number of ether oxygens (including phenoxy) is 1. The first-order valence-electron chi connectivity index (χ1n) is 5.13. The quantitative estimate of drug-likeness (QED) is 0.567. The highest BCUT2D eigenvalue weighted by molar-refractivity contribution is 6.02. The van der Waals surface area contributed by atoms with E-state index >= 15 is 0 Å². The van der Waals surface area contributed by atoms with Gasteiger partial charge in [0.25, 0.3) is 0 Å². The van der Waals surface area contributed by atoms with Gasteiger partial charge >= 0.3 is 6.03 Å². The van der Waals surface area contributed by atoms with Crippen molar-refractivity contribution in [2.45, 2.75) is 12.5 Å². The van der Waals surface area contributed by atoms with Crippen molar-refractivity contribution in [3.8, 4) is 0 Å². The zero-order valence-electron chi connectivity index (χ0n) is 8.69. The summed E-state index contributed by atoms with van der Waals surface area (Å²) in [7, 11) is 0. The van der Waals surface area contributed by atoms with Crippen LogP contribution in [-0.4, -0.2) is 55.1 Å². The predicted molar refractivity (Wildman–Crippen MR) is 52.5 cm³/mol. The van der Waals surface area contributed by atoms with Gasteiger partial charge in [-0.3, -0.25) is 14.9 Å². The van der Waals surface area contributed by atoms with Crippen LogP contribution in [0.4, 0.5) is 4.79 Å². The number of amides is 4. The lowest BCUT2D eigenvalue weighted by atomic mass is 10.1. The molecule has 0 aliphatic carbocycles. The summed E-state index contributed by atoms with van der Waals surface area (Å²) in [6.45, 7) is 2.01. The van der Waals surface area contributed by atoms with Crippen LogP contribution in [0.3, 0.4) is 0 Å².